The van der Waals surface area contributed by atoms with E-state index in [1.165, 1.54) is 16.5 Å². The maximum atomic E-state index is 5.10. The van der Waals surface area contributed by atoms with Gasteiger partial charge in [0.25, 0.3) is 0 Å². The van der Waals surface area contributed by atoms with Gasteiger partial charge in [0.15, 0.2) is 0 Å². The molecule has 0 fully saturated rings. The summed E-state index contributed by atoms with van der Waals surface area (Å²) in [6.45, 7) is 3.37. The molecule has 2 N–H and O–H groups in total. The van der Waals surface area contributed by atoms with Gasteiger partial charge in [-0.05, 0) is 23.9 Å². The van der Waals surface area contributed by atoms with Crippen LogP contribution in [0.5, 0.6) is 0 Å². The van der Waals surface area contributed by atoms with Gasteiger partial charge < -0.3 is 9.82 Å². The molecule has 74 valence electrons. The Morgan fingerprint density at radius 1 is 1.36 bits per heavy atom. The van der Waals surface area contributed by atoms with Crippen LogP contribution in [0, 0.1) is 0 Å². The van der Waals surface area contributed by atoms with Crippen LogP contribution in [0.4, 0.5) is 0 Å². The molecule has 1 aromatic carbocycles. The topological polar surface area (TPSA) is 37.0 Å². The molecule has 1 aromatic heterocycles. The Kier molecular flexibility index (Phi) is 2.81. The maximum Gasteiger partial charge on any atom is 0.0654 e. The van der Waals surface area contributed by atoms with E-state index < -0.39 is 0 Å². The first-order valence-electron chi connectivity index (χ1n) is 4.81. The number of rotatable bonds is 4. The summed E-state index contributed by atoms with van der Waals surface area (Å²) in [6.07, 6.45) is 1.95. The monoisotopic (exact) mass is 190 g/mol. The van der Waals surface area contributed by atoms with E-state index in [2.05, 4.69) is 34.7 Å². The van der Waals surface area contributed by atoms with Crippen molar-refractivity contribution in [3.8, 4) is 0 Å². The van der Waals surface area contributed by atoms with Crippen molar-refractivity contribution >= 4 is 10.9 Å². The highest BCUT2D eigenvalue weighted by Gasteiger charge is 2.00. The van der Waals surface area contributed by atoms with Crippen LogP contribution in [-0.2, 0) is 11.4 Å². The summed E-state index contributed by atoms with van der Waals surface area (Å²) < 4.78 is 0. The largest absolute Gasteiger partial charge is 0.361 e. The van der Waals surface area contributed by atoms with Crippen LogP contribution in [0.25, 0.3) is 10.9 Å². The fourth-order valence-electron chi connectivity index (χ4n) is 1.53. The first kappa shape index (κ1) is 9.24. The van der Waals surface area contributed by atoms with Gasteiger partial charge in [-0.1, -0.05) is 18.2 Å². The third-order valence-corrected chi connectivity index (χ3v) is 2.18. The number of H-pyrrole nitrogens is 1. The first-order chi connectivity index (χ1) is 6.92. The average Bonchev–Trinajstić information content (AvgIpc) is 2.67. The smallest absolute Gasteiger partial charge is 0.0654 e. The Bertz CT molecular complexity index is 408. The highest BCUT2D eigenvalue weighted by molar-refractivity contribution is 5.82. The Hall–Kier alpha value is -1.32. The third-order valence-electron chi connectivity index (χ3n) is 2.18. The lowest BCUT2D eigenvalue weighted by Crippen LogP contribution is -2.13. The molecule has 14 heavy (non-hydrogen) atoms. The fraction of sp³-hybridized carbons (Fsp3) is 0.273. The SMILES string of the molecule is CCONCc1cccc2cc[nH]c12. The van der Waals surface area contributed by atoms with Crippen molar-refractivity contribution in [1.82, 2.24) is 10.5 Å². The van der Waals surface area contributed by atoms with E-state index in [9.17, 15) is 0 Å². The van der Waals surface area contributed by atoms with Crippen LogP contribution >= 0.6 is 0 Å². The van der Waals surface area contributed by atoms with Crippen LogP contribution < -0.4 is 5.48 Å². The molecule has 0 aliphatic rings. The molecular weight excluding hydrogens is 176 g/mol. The summed E-state index contributed by atoms with van der Waals surface area (Å²) in [5.41, 5.74) is 5.32. The summed E-state index contributed by atoms with van der Waals surface area (Å²) >= 11 is 0. The number of nitrogens with one attached hydrogen (secondary N) is 2. The van der Waals surface area contributed by atoms with Gasteiger partial charge in [-0.2, -0.15) is 5.48 Å². The van der Waals surface area contributed by atoms with E-state index in [0.717, 1.165) is 6.54 Å². The predicted octanol–water partition coefficient (Wildman–Crippen LogP) is 2.21. The van der Waals surface area contributed by atoms with Crippen molar-refractivity contribution < 1.29 is 4.84 Å². The van der Waals surface area contributed by atoms with Crippen molar-refractivity contribution in [2.75, 3.05) is 6.61 Å². The number of aromatic nitrogens is 1. The van der Waals surface area contributed by atoms with Gasteiger partial charge in [0.1, 0.15) is 0 Å². The molecule has 0 bridgehead atoms. The summed E-state index contributed by atoms with van der Waals surface area (Å²) in [7, 11) is 0. The summed E-state index contributed by atoms with van der Waals surface area (Å²) in [4.78, 5) is 8.32. The molecule has 2 aromatic rings. The molecule has 0 aliphatic carbocycles. The zero-order chi connectivity index (χ0) is 9.80. The molecule has 0 atom stereocenters. The average molecular weight is 190 g/mol. The summed E-state index contributed by atoms with van der Waals surface area (Å²) in [5, 5.41) is 1.24. The molecule has 0 saturated heterocycles. The molecule has 3 heteroatoms. The Morgan fingerprint density at radius 3 is 3.14 bits per heavy atom. The van der Waals surface area contributed by atoms with E-state index in [1.807, 2.05) is 13.1 Å². The molecule has 1 heterocycles. The van der Waals surface area contributed by atoms with Crippen LogP contribution in [-0.4, -0.2) is 11.6 Å². The molecule has 0 radical (unpaired) electrons. The van der Waals surface area contributed by atoms with Gasteiger partial charge >= 0.3 is 0 Å². The van der Waals surface area contributed by atoms with Crippen LogP contribution in [0.1, 0.15) is 12.5 Å². The summed E-state index contributed by atoms with van der Waals surface area (Å²) in [6, 6.07) is 8.31. The van der Waals surface area contributed by atoms with E-state index in [-0.39, 0.29) is 0 Å². The molecule has 0 aliphatic heterocycles. The van der Waals surface area contributed by atoms with Gasteiger partial charge in [-0.25, -0.2) is 0 Å². The second kappa shape index (κ2) is 4.26. The quantitative estimate of drug-likeness (QED) is 0.573. The van der Waals surface area contributed by atoms with Crippen molar-refractivity contribution in [2.45, 2.75) is 13.5 Å². The number of hydrogen-bond acceptors (Lipinski definition) is 2. The lowest BCUT2D eigenvalue weighted by molar-refractivity contribution is 0.0465. The normalized spacial score (nSPS) is 10.9. The van der Waals surface area contributed by atoms with Crippen molar-refractivity contribution in [3.05, 3.63) is 36.0 Å². The van der Waals surface area contributed by atoms with Gasteiger partial charge in [0.05, 0.1) is 6.61 Å². The van der Waals surface area contributed by atoms with E-state index in [1.54, 1.807) is 0 Å². The van der Waals surface area contributed by atoms with E-state index >= 15 is 0 Å². The van der Waals surface area contributed by atoms with E-state index in [4.69, 9.17) is 4.84 Å². The number of fused-ring (bicyclic) bond motifs is 1. The van der Waals surface area contributed by atoms with Gasteiger partial charge in [0, 0.05) is 18.3 Å². The number of benzene rings is 1. The molecule has 0 saturated carbocycles. The van der Waals surface area contributed by atoms with Crippen LogP contribution in [0.3, 0.4) is 0 Å². The summed E-state index contributed by atoms with van der Waals surface area (Å²) in [5.74, 6) is 0. The Morgan fingerprint density at radius 2 is 2.29 bits per heavy atom. The van der Waals surface area contributed by atoms with E-state index in [0.29, 0.717) is 6.61 Å². The minimum atomic E-state index is 0.681. The Labute approximate surface area is 83.0 Å². The minimum absolute atomic E-state index is 0.681. The predicted molar refractivity (Wildman–Crippen MR) is 56.8 cm³/mol. The second-order valence-electron chi connectivity index (χ2n) is 3.11. The zero-order valence-corrected chi connectivity index (χ0v) is 8.21. The third kappa shape index (κ3) is 1.78. The molecule has 3 nitrogen and oxygen atoms in total. The van der Waals surface area contributed by atoms with Crippen molar-refractivity contribution in [2.24, 2.45) is 0 Å². The van der Waals surface area contributed by atoms with Gasteiger partial charge in [-0.3, -0.25) is 0 Å². The van der Waals surface area contributed by atoms with Crippen LogP contribution in [0.2, 0.25) is 0 Å². The molecule has 0 unspecified atom stereocenters. The molecule has 0 amide bonds. The molecule has 2 rings (SSSR count). The van der Waals surface area contributed by atoms with Gasteiger partial charge in [-0.15, -0.1) is 0 Å². The highest BCUT2D eigenvalue weighted by atomic mass is 16.6. The number of aromatic amines is 1. The highest BCUT2D eigenvalue weighted by Crippen LogP contribution is 2.16. The first-order valence-corrected chi connectivity index (χ1v) is 4.81. The lowest BCUT2D eigenvalue weighted by Gasteiger charge is -2.04. The Balaban J connectivity index is 2.19. The minimum Gasteiger partial charge on any atom is -0.361 e. The maximum absolute atomic E-state index is 5.10. The zero-order valence-electron chi connectivity index (χ0n) is 8.21. The number of para-hydroxylation sites is 1. The van der Waals surface area contributed by atoms with Crippen LogP contribution in [0.15, 0.2) is 30.5 Å². The molecular formula is C11H14N2O. The fourth-order valence-corrected chi connectivity index (χ4v) is 1.53. The molecule has 0 spiro atoms. The number of hydrogen-bond donors (Lipinski definition) is 2. The van der Waals surface area contributed by atoms with Crippen molar-refractivity contribution in [3.63, 3.8) is 0 Å². The van der Waals surface area contributed by atoms with Gasteiger partial charge in [0.2, 0.25) is 0 Å². The number of hydroxylamine groups is 1. The second-order valence-corrected chi connectivity index (χ2v) is 3.11. The van der Waals surface area contributed by atoms with Crippen molar-refractivity contribution in [1.29, 1.82) is 0 Å². The standard InChI is InChI=1S/C11H14N2O/c1-2-14-13-8-10-5-3-4-9-6-7-12-11(9)10/h3-7,12-13H,2,8H2,1H3. The lowest BCUT2D eigenvalue weighted by atomic mass is 10.1.